The molecule has 4 nitrogen and oxygen atoms in total. The fourth-order valence-corrected chi connectivity index (χ4v) is 2.22. The summed E-state index contributed by atoms with van der Waals surface area (Å²) in [4.78, 5) is 8.33. The van der Waals surface area contributed by atoms with E-state index in [1.807, 2.05) is 0 Å². The molecule has 0 saturated heterocycles. The topological polar surface area (TPSA) is 49.8 Å². The summed E-state index contributed by atoms with van der Waals surface area (Å²) in [6.45, 7) is 0.958. The second-order valence-electron chi connectivity index (χ2n) is 4.17. The monoisotopic (exact) mass is 240 g/mol. The molecule has 1 heterocycles. The first-order chi connectivity index (χ1) is 7.79. The first-order valence-electron chi connectivity index (χ1n) is 5.73. The maximum Gasteiger partial charge on any atom is 0.224 e. The van der Waals surface area contributed by atoms with Crippen molar-refractivity contribution in [3.63, 3.8) is 0 Å². The van der Waals surface area contributed by atoms with E-state index in [-0.39, 0.29) is 0 Å². The number of nitrogens with zero attached hydrogens (tertiary/aromatic N) is 2. The molecule has 0 aromatic carbocycles. The normalized spacial score (nSPS) is 16.4. The minimum Gasteiger partial charge on any atom is -0.368 e. The summed E-state index contributed by atoms with van der Waals surface area (Å²) in [7, 11) is 1.80. The standard InChI is InChI=1S/C11H17ClN4/c1-13-11-15-7-9(12)10(16-11)14-6-8-4-2-3-5-8/h7-8H,2-6H2,1H3,(H2,13,14,15,16). The van der Waals surface area contributed by atoms with Crippen LogP contribution in [0, 0.1) is 5.92 Å². The highest BCUT2D eigenvalue weighted by Gasteiger charge is 2.15. The molecule has 0 radical (unpaired) electrons. The molecule has 2 rings (SSSR count). The lowest BCUT2D eigenvalue weighted by molar-refractivity contribution is 0.579. The van der Waals surface area contributed by atoms with Gasteiger partial charge in [0.2, 0.25) is 5.95 Å². The van der Waals surface area contributed by atoms with Crippen molar-refractivity contribution in [2.24, 2.45) is 5.92 Å². The van der Waals surface area contributed by atoms with Crippen LogP contribution in [0.5, 0.6) is 0 Å². The highest BCUT2D eigenvalue weighted by atomic mass is 35.5. The minimum absolute atomic E-state index is 0.581. The fourth-order valence-electron chi connectivity index (χ4n) is 2.07. The van der Waals surface area contributed by atoms with E-state index >= 15 is 0 Å². The Morgan fingerprint density at radius 2 is 2.19 bits per heavy atom. The van der Waals surface area contributed by atoms with Crippen LogP contribution < -0.4 is 10.6 Å². The molecule has 0 atom stereocenters. The second-order valence-corrected chi connectivity index (χ2v) is 4.58. The predicted octanol–water partition coefficient (Wildman–Crippen LogP) is 2.77. The van der Waals surface area contributed by atoms with Gasteiger partial charge in [-0.05, 0) is 18.8 Å². The average molecular weight is 241 g/mol. The Kier molecular flexibility index (Phi) is 3.83. The van der Waals surface area contributed by atoms with Crippen molar-refractivity contribution in [2.75, 3.05) is 24.2 Å². The molecule has 0 amide bonds. The highest BCUT2D eigenvalue weighted by molar-refractivity contribution is 6.32. The van der Waals surface area contributed by atoms with Crippen molar-refractivity contribution in [3.05, 3.63) is 11.2 Å². The van der Waals surface area contributed by atoms with Crippen LogP contribution in [0.4, 0.5) is 11.8 Å². The van der Waals surface area contributed by atoms with E-state index in [1.165, 1.54) is 25.7 Å². The molecule has 16 heavy (non-hydrogen) atoms. The molecule has 1 saturated carbocycles. The Morgan fingerprint density at radius 3 is 2.88 bits per heavy atom. The van der Waals surface area contributed by atoms with E-state index < -0.39 is 0 Å². The van der Waals surface area contributed by atoms with E-state index in [9.17, 15) is 0 Å². The lowest BCUT2D eigenvalue weighted by atomic mass is 10.1. The molecule has 1 aromatic heterocycles. The largest absolute Gasteiger partial charge is 0.368 e. The Bertz CT molecular complexity index is 350. The van der Waals surface area contributed by atoms with E-state index in [1.54, 1.807) is 13.2 Å². The number of anilines is 2. The molecule has 0 spiro atoms. The van der Waals surface area contributed by atoms with Gasteiger partial charge in [0.25, 0.3) is 0 Å². The van der Waals surface area contributed by atoms with Gasteiger partial charge in [0.05, 0.1) is 6.20 Å². The maximum atomic E-state index is 6.02. The molecule has 1 fully saturated rings. The number of aromatic nitrogens is 2. The Balaban J connectivity index is 1.96. The van der Waals surface area contributed by atoms with Gasteiger partial charge in [0.1, 0.15) is 10.8 Å². The Labute approximate surface area is 101 Å². The summed E-state index contributed by atoms with van der Waals surface area (Å²) >= 11 is 6.02. The maximum absolute atomic E-state index is 6.02. The van der Waals surface area contributed by atoms with E-state index in [0.717, 1.165) is 18.3 Å². The van der Waals surface area contributed by atoms with Gasteiger partial charge in [-0.1, -0.05) is 24.4 Å². The van der Waals surface area contributed by atoms with Crippen molar-refractivity contribution in [1.82, 2.24) is 9.97 Å². The molecule has 2 N–H and O–H groups in total. The Morgan fingerprint density at radius 1 is 1.44 bits per heavy atom. The second kappa shape index (κ2) is 5.34. The van der Waals surface area contributed by atoms with E-state index in [0.29, 0.717) is 11.0 Å². The minimum atomic E-state index is 0.581. The third kappa shape index (κ3) is 2.76. The van der Waals surface area contributed by atoms with Gasteiger partial charge in [0.15, 0.2) is 0 Å². The van der Waals surface area contributed by atoms with Crippen molar-refractivity contribution in [1.29, 1.82) is 0 Å². The zero-order valence-electron chi connectivity index (χ0n) is 9.46. The molecule has 0 unspecified atom stereocenters. The van der Waals surface area contributed by atoms with Crippen LogP contribution in [0.1, 0.15) is 25.7 Å². The van der Waals surface area contributed by atoms with Crippen LogP contribution in [-0.2, 0) is 0 Å². The molecule has 5 heteroatoms. The summed E-state index contributed by atoms with van der Waals surface area (Å²) < 4.78 is 0. The van der Waals surface area contributed by atoms with Crippen LogP contribution in [0.3, 0.4) is 0 Å². The molecule has 0 aliphatic heterocycles. The lowest BCUT2D eigenvalue weighted by Crippen LogP contribution is -2.13. The van der Waals surface area contributed by atoms with Gasteiger partial charge in [-0.15, -0.1) is 0 Å². The predicted molar refractivity (Wildman–Crippen MR) is 67.0 cm³/mol. The molecule has 88 valence electrons. The van der Waals surface area contributed by atoms with Crippen LogP contribution in [0.15, 0.2) is 6.20 Å². The number of rotatable bonds is 4. The average Bonchev–Trinajstić information content (AvgIpc) is 2.81. The third-order valence-corrected chi connectivity index (χ3v) is 3.28. The summed E-state index contributed by atoms with van der Waals surface area (Å²) in [5.74, 6) is 2.09. The van der Waals surface area contributed by atoms with Crippen LogP contribution >= 0.6 is 11.6 Å². The summed E-state index contributed by atoms with van der Waals surface area (Å²) in [5.41, 5.74) is 0. The summed E-state index contributed by atoms with van der Waals surface area (Å²) in [6, 6.07) is 0. The zero-order chi connectivity index (χ0) is 11.4. The van der Waals surface area contributed by atoms with Crippen LogP contribution in [0.2, 0.25) is 5.02 Å². The van der Waals surface area contributed by atoms with Crippen molar-refractivity contribution >= 4 is 23.4 Å². The Hall–Kier alpha value is -1.03. The van der Waals surface area contributed by atoms with Gasteiger partial charge in [-0.3, -0.25) is 0 Å². The SMILES string of the molecule is CNc1ncc(Cl)c(NCC2CCCC2)n1. The lowest BCUT2D eigenvalue weighted by Gasteiger charge is -2.12. The van der Waals surface area contributed by atoms with Gasteiger partial charge < -0.3 is 10.6 Å². The number of hydrogen-bond acceptors (Lipinski definition) is 4. The van der Waals surface area contributed by atoms with Crippen molar-refractivity contribution in [2.45, 2.75) is 25.7 Å². The van der Waals surface area contributed by atoms with Crippen molar-refractivity contribution in [3.8, 4) is 0 Å². The molecule has 1 aromatic rings. The zero-order valence-corrected chi connectivity index (χ0v) is 10.2. The van der Waals surface area contributed by atoms with Gasteiger partial charge >= 0.3 is 0 Å². The van der Waals surface area contributed by atoms with Gasteiger partial charge in [-0.25, -0.2) is 4.98 Å². The highest BCUT2D eigenvalue weighted by Crippen LogP contribution is 2.26. The van der Waals surface area contributed by atoms with E-state index in [2.05, 4.69) is 20.6 Å². The smallest absolute Gasteiger partial charge is 0.224 e. The summed E-state index contributed by atoms with van der Waals surface area (Å²) in [6.07, 6.45) is 6.96. The van der Waals surface area contributed by atoms with Gasteiger partial charge in [0, 0.05) is 13.6 Å². The number of nitrogens with one attached hydrogen (secondary N) is 2. The van der Waals surface area contributed by atoms with Crippen molar-refractivity contribution < 1.29 is 0 Å². The number of halogens is 1. The van der Waals surface area contributed by atoms with Crippen LogP contribution in [0.25, 0.3) is 0 Å². The van der Waals surface area contributed by atoms with E-state index in [4.69, 9.17) is 11.6 Å². The quantitative estimate of drug-likeness (QED) is 0.850. The molecular weight excluding hydrogens is 224 g/mol. The fraction of sp³-hybridized carbons (Fsp3) is 0.636. The molecule has 1 aliphatic rings. The summed E-state index contributed by atoms with van der Waals surface area (Å²) in [5, 5.41) is 6.79. The number of hydrogen-bond donors (Lipinski definition) is 2. The van der Waals surface area contributed by atoms with Crippen LogP contribution in [-0.4, -0.2) is 23.6 Å². The molecule has 1 aliphatic carbocycles. The van der Waals surface area contributed by atoms with Gasteiger partial charge in [-0.2, -0.15) is 4.98 Å². The third-order valence-electron chi connectivity index (χ3n) is 3.00. The first-order valence-corrected chi connectivity index (χ1v) is 6.11. The molecule has 0 bridgehead atoms. The molecular formula is C11H17ClN4. The first kappa shape index (κ1) is 11.5.